The van der Waals surface area contributed by atoms with Gasteiger partial charge in [-0.05, 0) is 57.4 Å². The molecular formula is C30H18BBrO2. The van der Waals surface area contributed by atoms with E-state index >= 15 is 0 Å². The number of hydrogen-bond acceptors (Lipinski definition) is 2. The molecule has 2 aliphatic heterocycles. The molecule has 7 rings (SSSR count). The lowest BCUT2D eigenvalue weighted by Gasteiger charge is -2.33. The molecule has 0 fully saturated rings. The van der Waals surface area contributed by atoms with E-state index in [-0.39, 0.29) is 6.71 Å². The number of rotatable bonds is 2. The largest absolute Gasteiger partial charge is 0.458 e. The first-order valence-electron chi connectivity index (χ1n) is 11.3. The molecular weight excluding hydrogens is 483 g/mol. The van der Waals surface area contributed by atoms with Crippen molar-refractivity contribution in [3.05, 3.63) is 114 Å². The summed E-state index contributed by atoms with van der Waals surface area (Å²) in [5.74, 6) is 3.46. The fourth-order valence-electron chi connectivity index (χ4n) is 5.09. The maximum Gasteiger partial charge on any atom is 0.260 e. The molecule has 0 saturated heterocycles. The van der Waals surface area contributed by atoms with Crippen molar-refractivity contribution in [2.45, 2.75) is 0 Å². The SMILES string of the molecule is Brc1cc2c3c(c1)Oc1ccc(-c4ccccc4)cc1B3c1ccc(-c3ccccc3)cc1O2. The summed E-state index contributed by atoms with van der Waals surface area (Å²) in [6.07, 6.45) is 0. The summed E-state index contributed by atoms with van der Waals surface area (Å²) in [6.45, 7) is 0.0408. The second-order valence-electron chi connectivity index (χ2n) is 8.69. The van der Waals surface area contributed by atoms with Gasteiger partial charge in [0.25, 0.3) is 6.71 Å². The molecule has 0 bridgehead atoms. The molecule has 160 valence electrons. The van der Waals surface area contributed by atoms with Gasteiger partial charge in [-0.3, -0.25) is 0 Å². The van der Waals surface area contributed by atoms with Crippen molar-refractivity contribution in [1.29, 1.82) is 0 Å². The topological polar surface area (TPSA) is 18.5 Å². The highest BCUT2D eigenvalue weighted by molar-refractivity contribution is 9.10. The van der Waals surface area contributed by atoms with Crippen molar-refractivity contribution in [1.82, 2.24) is 0 Å². The van der Waals surface area contributed by atoms with Crippen LogP contribution in [0.25, 0.3) is 22.3 Å². The summed E-state index contributed by atoms with van der Waals surface area (Å²) < 4.78 is 13.8. The lowest BCUT2D eigenvalue weighted by molar-refractivity contribution is 0.464. The van der Waals surface area contributed by atoms with Gasteiger partial charge in [0.1, 0.15) is 23.0 Å². The molecule has 34 heavy (non-hydrogen) atoms. The van der Waals surface area contributed by atoms with Crippen LogP contribution in [0.15, 0.2) is 114 Å². The summed E-state index contributed by atoms with van der Waals surface area (Å²) in [5, 5.41) is 0. The van der Waals surface area contributed by atoms with Crippen molar-refractivity contribution in [3.8, 4) is 45.3 Å². The predicted molar refractivity (Wildman–Crippen MR) is 143 cm³/mol. The van der Waals surface area contributed by atoms with Crippen molar-refractivity contribution < 1.29 is 9.47 Å². The average Bonchev–Trinajstić information content (AvgIpc) is 2.88. The van der Waals surface area contributed by atoms with Crippen LogP contribution in [0.4, 0.5) is 0 Å². The number of ether oxygens (including phenoxy) is 2. The van der Waals surface area contributed by atoms with E-state index in [4.69, 9.17) is 9.47 Å². The number of fused-ring (bicyclic) bond motifs is 4. The number of hydrogen-bond donors (Lipinski definition) is 0. The predicted octanol–water partition coefficient (Wildman–Crippen LogP) is 6.51. The fraction of sp³-hybridized carbons (Fsp3) is 0. The van der Waals surface area contributed by atoms with Gasteiger partial charge in [-0.15, -0.1) is 0 Å². The minimum Gasteiger partial charge on any atom is -0.458 e. The zero-order chi connectivity index (χ0) is 22.6. The zero-order valence-electron chi connectivity index (χ0n) is 18.2. The van der Waals surface area contributed by atoms with Gasteiger partial charge in [-0.25, -0.2) is 0 Å². The normalized spacial score (nSPS) is 12.7. The Morgan fingerprint density at radius 2 is 1.06 bits per heavy atom. The first-order chi connectivity index (χ1) is 16.7. The molecule has 2 nitrogen and oxygen atoms in total. The molecule has 0 unspecified atom stereocenters. The highest BCUT2D eigenvalue weighted by Crippen LogP contribution is 2.38. The van der Waals surface area contributed by atoms with Crippen LogP contribution in [-0.4, -0.2) is 6.71 Å². The molecule has 0 spiro atoms. The molecule has 0 atom stereocenters. The third kappa shape index (κ3) is 3.10. The molecule has 2 aliphatic rings. The summed E-state index contributed by atoms with van der Waals surface area (Å²) in [7, 11) is 0. The minimum atomic E-state index is 0.0408. The van der Waals surface area contributed by atoms with Crippen molar-refractivity contribution in [3.63, 3.8) is 0 Å². The summed E-state index contributed by atoms with van der Waals surface area (Å²) in [6, 6.07) is 38.0. The summed E-state index contributed by atoms with van der Waals surface area (Å²) >= 11 is 3.64. The van der Waals surface area contributed by atoms with Crippen molar-refractivity contribution >= 4 is 39.0 Å². The zero-order valence-corrected chi connectivity index (χ0v) is 19.8. The Bertz CT molecular complexity index is 1560. The maximum atomic E-state index is 6.49. The second-order valence-corrected chi connectivity index (χ2v) is 9.61. The quantitative estimate of drug-likeness (QED) is 0.252. The number of benzene rings is 5. The van der Waals surface area contributed by atoms with Crippen LogP contribution in [0.1, 0.15) is 0 Å². The molecule has 0 amide bonds. The molecule has 5 aromatic carbocycles. The fourth-order valence-corrected chi connectivity index (χ4v) is 5.50. The van der Waals surface area contributed by atoms with Crippen LogP contribution in [-0.2, 0) is 0 Å². The van der Waals surface area contributed by atoms with Gasteiger partial charge < -0.3 is 9.47 Å². The molecule has 0 aliphatic carbocycles. The van der Waals surface area contributed by atoms with E-state index in [9.17, 15) is 0 Å². The van der Waals surface area contributed by atoms with Gasteiger partial charge in [0.15, 0.2) is 0 Å². The first kappa shape index (κ1) is 19.7. The van der Waals surface area contributed by atoms with Crippen LogP contribution in [0.2, 0.25) is 0 Å². The first-order valence-corrected chi connectivity index (χ1v) is 12.1. The Hall–Kier alpha value is -3.76. The molecule has 0 radical (unpaired) electrons. The van der Waals surface area contributed by atoms with Crippen LogP contribution in [0, 0.1) is 0 Å². The van der Waals surface area contributed by atoms with E-state index in [2.05, 4.69) is 101 Å². The number of halogens is 1. The minimum absolute atomic E-state index is 0.0408. The molecule has 2 heterocycles. The summed E-state index contributed by atoms with van der Waals surface area (Å²) in [4.78, 5) is 0. The van der Waals surface area contributed by atoms with Gasteiger partial charge in [-0.2, -0.15) is 0 Å². The van der Waals surface area contributed by atoms with Crippen LogP contribution in [0.5, 0.6) is 23.0 Å². The highest BCUT2D eigenvalue weighted by Gasteiger charge is 2.40. The van der Waals surface area contributed by atoms with Crippen molar-refractivity contribution in [2.24, 2.45) is 0 Å². The molecule has 0 saturated carbocycles. The average molecular weight is 501 g/mol. The smallest absolute Gasteiger partial charge is 0.260 e. The third-order valence-corrected chi connectivity index (χ3v) is 7.11. The van der Waals surface area contributed by atoms with E-state index < -0.39 is 0 Å². The molecule has 0 N–H and O–H groups in total. The van der Waals surface area contributed by atoms with E-state index in [0.717, 1.165) is 49.4 Å². The Kier molecular flexibility index (Phi) is 4.43. The molecule has 0 aromatic heterocycles. The Morgan fingerprint density at radius 1 is 0.471 bits per heavy atom. The molecule has 4 heteroatoms. The second kappa shape index (κ2) is 7.64. The van der Waals surface area contributed by atoms with E-state index in [0.29, 0.717) is 0 Å². The molecule has 5 aromatic rings. The highest BCUT2D eigenvalue weighted by atomic mass is 79.9. The van der Waals surface area contributed by atoms with Crippen LogP contribution < -0.4 is 25.9 Å². The Labute approximate surface area is 207 Å². The Balaban J connectivity index is 1.44. The van der Waals surface area contributed by atoms with Crippen LogP contribution in [0.3, 0.4) is 0 Å². The van der Waals surface area contributed by atoms with Gasteiger partial charge in [-0.1, -0.05) is 101 Å². The van der Waals surface area contributed by atoms with Gasteiger partial charge in [0.2, 0.25) is 0 Å². The maximum absolute atomic E-state index is 6.49. The lowest BCUT2D eigenvalue weighted by atomic mass is 9.34. The van der Waals surface area contributed by atoms with Gasteiger partial charge >= 0.3 is 0 Å². The standard InChI is InChI=1S/C30H18BBrO2/c32-23-17-28-30-29(18-23)34-27-16-22(20-9-5-2-6-10-20)11-13-24(27)31(30)25-15-21(12-14-26(25)33-28)19-7-3-1-4-8-19/h1-18H. The van der Waals surface area contributed by atoms with Gasteiger partial charge in [0, 0.05) is 9.94 Å². The monoisotopic (exact) mass is 500 g/mol. The summed E-state index contributed by atoms with van der Waals surface area (Å²) in [5.41, 5.74) is 8.09. The van der Waals surface area contributed by atoms with Crippen LogP contribution >= 0.6 is 15.9 Å². The van der Waals surface area contributed by atoms with E-state index in [1.54, 1.807) is 0 Å². The van der Waals surface area contributed by atoms with Crippen molar-refractivity contribution in [2.75, 3.05) is 0 Å². The Morgan fingerprint density at radius 3 is 1.74 bits per heavy atom. The van der Waals surface area contributed by atoms with Gasteiger partial charge in [0.05, 0.1) is 0 Å². The lowest BCUT2D eigenvalue weighted by Crippen LogP contribution is -2.57. The third-order valence-electron chi connectivity index (χ3n) is 6.66. The van der Waals surface area contributed by atoms with E-state index in [1.807, 2.05) is 24.3 Å². The van der Waals surface area contributed by atoms with E-state index in [1.165, 1.54) is 16.7 Å².